The fourth-order valence-electron chi connectivity index (χ4n) is 1.60. The lowest BCUT2D eigenvalue weighted by Crippen LogP contribution is -2.15. The number of rotatable bonds is 5. The standard InChI is InChI=1S/C12H15N3O3/c1-4-17-11(16)7-18-12-8(2)5-10(14-15-13)6-9(12)3/h5-6H,4,7H2,1-3H3. The highest BCUT2D eigenvalue weighted by Gasteiger charge is 2.09. The molecule has 6 heteroatoms. The topological polar surface area (TPSA) is 84.3 Å². The zero-order valence-electron chi connectivity index (χ0n) is 10.6. The lowest BCUT2D eigenvalue weighted by molar-refractivity contribution is -0.145. The summed E-state index contributed by atoms with van der Waals surface area (Å²) in [4.78, 5) is 13.9. The molecule has 0 saturated carbocycles. The van der Waals surface area contributed by atoms with Crippen LogP contribution < -0.4 is 4.74 Å². The van der Waals surface area contributed by atoms with E-state index in [1.54, 1.807) is 19.1 Å². The average Bonchev–Trinajstić information content (AvgIpc) is 2.28. The molecule has 0 fully saturated rings. The Hall–Kier alpha value is -2.20. The van der Waals surface area contributed by atoms with E-state index in [4.69, 9.17) is 15.0 Å². The van der Waals surface area contributed by atoms with E-state index in [0.717, 1.165) is 11.1 Å². The van der Waals surface area contributed by atoms with Gasteiger partial charge in [-0.25, -0.2) is 4.79 Å². The third-order valence-corrected chi connectivity index (χ3v) is 2.24. The molecule has 0 N–H and O–H groups in total. The first kappa shape index (κ1) is 13.9. The Kier molecular flexibility index (Phi) is 5.02. The summed E-state index contributed by atoms with van der Waals surface area (Å²) in [6.45, 7) is 5.59. The lowest BCUT2D eigenvalue weighted by atomic mass is 10.1. The van der Waals surface area contributed by atoms with Crippen molar-refractivity contribution in [3.63, 3.8) is 0 Å². The van der Waals surface area contributed by atoms with E-state index in [1.807, 2.05) is 13.8 Å². The van der Waals surface area contributed by atoms with Crippen molar-refractivity contribution in [2.24, 2.45) is 5.11 Å². The molecule has 0 aromatic heterocycles. The van der Waals surface area contributed by atoms with Crippen LogP contribution in [0.3, 0.4) is 0 Å². The second-order valence-corrected chi connectivity index (χ2v) is 3.69. The molecule has 6 nitrogen and oxygen atoms in total. The minimum atomic E-state index is -0.407. The smallest absolute Gasteiger partial charge is 0.344 e. The number of hydrogen-bond acceptors (Lipinski definition) is 4. The third kappa shape index (κ3) is 3.68. The number of azide groups is 1. The highest BCUT2D eigenvalue weighted by atomic mass is 16.6. The van der Waals surface area contributed by atoms with Crippen LogP contribution in [0.2, 0.25) is 0 Å². The van der Waals surface area contributed by atoms with Gasteiger partial charge in [0.05, 0.1) is 6.61 Å². The molecule has 0 bridgehead atoms. The van der Waals surface area contributed by atoms with Gasteiger partial charge in [-0.15, -0.1) is 0 Å². The van der Waals surface area contributed by atoms with Crippen molar-refractivity contribution < 1.29 is 14.3 Å². The molecule has 1 aromatic carbocycles. The number of benzene rings is 1. The van der Waals surface area contributed by atoms with Crippen molar-refractivity contribution in [2.75, 3.05) is 13.2 Å². The quantitative estimate of drug-likeness (QED) is 0.347. The summed E-state index contributed by atoms with van der Waals surface area (Å²) in [6, 6.07) is 3.40. The van der Waals surface area contributed by atoms with Gasteiger partial charge in [0.15, 0.2) is 6.61 Å². The fraction of sp³-hybridized carbons (Fsp3) is 0.417. The maximum Gasteiger partial charge on any atom is 0.344 e. The van der Waals surface area contributed by atoms with Crippen molar-refractivity contribution in [1.29, 1.82) is 0 Å². The molecule has 0 heterocycles. The Morgan fingerprint density at radius 3 is 2.50 bits per heavy atom. The minimum Gasteiger partial charge on any atom is -0.481 e. The van der Waals surface area contributed by atoms with E-state index in [2.05, 4.69) is 10.0 Å². The summed E-state index contributed by atoms with van der Waals surface area (Å²) in [6.07, 6.45) is 0. The van der Waals surface area contributed by atoms with E-state index in [9.17, 15) is 4.79 Å². The Bertz CT molecular complexity index is 470. The van der Waals surface area contributed by atoms with Crippen LogP contribution in [-0.4, -0.2) is 19.2 Å². The second kappa shape index (κ2) is 6.51. The zero-order chi connectivity index (χ0) is 13.5. The van der Waals surface area contributed by atoms with Crippen molar-refractivity contribution in [3.05, 3.63) is 33.7 Å². The van der Waals surface area contributed by atoms with Crippen molar-refractivity contribution in [1.82, 2.24) is 0 Å². The number of ether oxygens (including phenoxy) is 2. The molecule has 0 atom stereocenters. The van der Waals surface area contributed by atoms with Gasteiger partial charge in [-0.3, -0.25) is 0 Å². The van der Waals surface area contributed by atoms with Gasteiger partial charge in [-0.05, 0) is 49.6 Å². The SMILES string of the molecule is CCOC(=O)COc1c(C)cc(N=[N+]=[N-])cc1C. The number of carbonyl (C=O) groups is 1. The van der Waals surface area contributed by atoms with E-state index < -0.39 is 5.97 Å². The molecule has 1 rings (SSSR count). The summed E-state index contributed by atoms with van der Waals surface area (Å²) < 4.78 is 10.2. The minimum absolute atomic E-state index is 0.129. The van der Waals surface area contributed by atoms with Crippen LogP contribution in [0.25, 0.3) is 10.4 Å². The number of aryl methyl sites for hydroxylation is 2. The van der Waals surface area contributed by atoms with Gasteiger partial charge in [0.2, 0.25) is 0 Å². The first-order valence-corrected chi connectivity index (χ1v) is 5.53. The summed E-state index contributed by atoms with van der Waals surface area (Å²) in [7, 11) is 0. The monoisotopic (exact) mass is 249 g/mol. The fourth-order valence-corrected chi connectivity index (χ4v) is 1.60. The summed E-state index contributed by atoms with van der Waals surface area (Å²) >= 11 is 0. The summed E-state index contributed by atoms with van der Waals surface area (Å²) in [5, 5.41) is 3.53. The Balaban J connectivity index is 2.83. The number of carbonyl (C=O) groups excluding carboxylic acids is 1. The average molecular weight is 249 g/mol. The predicted octanol–water partition coefficient (Wildman–Crippen LogP) is 3.19. The van der Waals surface area contributed by atoms with Crippen LogP contribution in [-0.2, 0) is 9.53 Å². The van der Waals surface area contributed by atoms with E-state index >= 15 is 0 Å². The maximum absolute atomic E-state index is 11.2. The van der Waals surface area contributed by atoms with E-state index in [1.165, 1.54) is 0 Å². The Labute approximate surface area is 105 Å². The van der Waals surface area contributed by atoms with Crippen LogP contribution in [0.1, 0.15) is 18.1 Å². The number of esters is 1. The van der Waals surface area contributed by atoms with Gasteiger partial charge < -0.3 is 9.47 Å². The zero-order valence-corrected chi connectivity index (χ0v) is 10.6. The van der Waals surface area contributed by atoms with Gasteiger partial charge >= 0.3 is 5.97 Å². The van der Waals surface area contributed by atoms with Gasteiger partial charge in [-0.1, -0.05) is 5.11 Å². The van der Waals surface area contributed by atoms with Crippen LogP contribution in [0.5, 0.6) is 5.75 Å². The maximum atomic E-state index is 11.2. The Morgan fingerprint density at radius 1 is 1.39 bits per heavy atom. The molecule has 0 spiro atoms. The van der Waals surface area contributed by atoms with Gasteiger partial charge in [0, 0.05) is 10.6 Å². The molecule has 18 heavy (non-hydrogen) atoms. The van der Waals surface area contributed by atoms with Crippen LogP contribution in [0, 0.1) is 13.8 Å². The van der Waals surface area contributed by atoms with Crippen molar-refractivity contribution in [2.45, 2.75) is 20.8 Å². The van der Waals surface area contributed by atoms with Gasteiger partial charge in [-0.2, -0.15) is 0 Å². The van der Waals surface area contributed by atoms with Crippen molar-refractivity contribution >= 4 is 11.7 Å². The Morgan fingerprint density at radius 2 is 2.00 bits per heavy atom. The molecular formula is C12H15N3O3. The molecule has 1 aromatic rings. The molecule has 0 aliphatic rings. The molecular weight excluding hydrogens is 234 g/mol. The van der Waals surface area contributed by atoms with E-state index in [0.29, 0.717) is 18.0 Å². The third-order valence-electron chi connectivity index (χ3n) is 2.24. The first-order chi connectivity index (χ1) is 8.58. The van der Waals surface area contributed by atoms with Gasteiger partial charge in [0.1, 0.15) is 5.75 Å². The molecule has 0 aliphatic heterocycles. The first-order valence-electron chi connectivity index (χ1n) is 5.53. The largest absolute Gasteiger partial charge is 0.481 e. The second-order valence-electron chi connectivity index (χ2n) is 3.69. The van der Waals surface area contributed by atoms with Crippen LogP contribution in [0.15, 0.2) is 17.2 Å². The molecule has 0 aliphatic carbocycles. The normalized spacial score (nSPS) is 9.50. The number of nitrogens with zero attached hydrogens (tertiary/aromatic N) is 3. The number of hydrogen-bond donors (Lipinski definition) is 0. The highest BCUT2D eigenvalue weighted by molar-refractivity contribution is 5.71. The van der Waals surface area contributed by atoms with Crippen molar-refractivity contribution in [3.8, 4) is 5.75 Å². The lowest BCUT2D eigenvalue weighted by Gasteiger charge is -2.12. The van der Waals surface area contributed by atoms with Crippen LogP contribution in [0.4, 0.5) is 5.69 Å². The molecule has 96 valence electrons. The summed E-state index contributed by atoms with van der Waals surface area (Å²) in [5.41, 5.74) is 10.5. The molecule has 0 radical (unpaired) electrons. The summed E-state index contributed by atoms with van der Waals surface area (Å²) in [5.74, 6) is 0.204. The highest BCUT2D eigenvalue weighted by Crippen LogP contribution is 2.28. The molecule has 0 saturated heterocycles. The molecule has 0 unspecified atom stereocenters. The molecule has 0 amide bonds. The van der Waals surface area contributed by atoms with Crippen LogP contribution >= 0.6 is 0 Å². The van der Waals surface area contributed by atoms with Gasteiger partial charge in [0.25, 0.3) is 0 Å². The van der Waals surface area contributed by atoms with E-state index in [-0.39, 0.29) is 6.61 Å². The predicted molar refractivity (Wildman–Crippen MR) is 66.9 cm³/mol.